The lowest BCUT2D eigenvalue weighted by atomic mass is 10.1. The summed E-state index contributed by atoms with van der Waals surface area (Å²) in [6, 6.07) is 10.1. The summed E-state index contributed by atoms with van der Waals surface area (Å²) >= 11 is 0. The van der Waals surface area contributed by atoms with Crippen LogP contribution in [0.4, 0.5) is 0 Å². The predicted molar refractivity (Wildman–Crippen MR) is 61.8 cm³/mol. The number of hydrogen-bond donors (Lipinski definition) is 0. The summed E-state index contributed by atoms with van der Waals surface area (Å²) in [6.45, 7) is 2.06. The minimum absolute atomic E-state index is 0.851. The predicted octanol–water partition coefficient (Wildman–Crippen LogP) is 3.17. The van der Waals surface area contributed by atoms with Gasteiger partial charge in [0.15, 0.2) is 0 Å². The molecule has 0 aromatic heterocycles. The van der Waals surface area contributed by atoms with Crippen LogP contribution in [0.15, 0.2) is 30.3 Å². The Morgan fingerprint density at radius 1 is 0.933 bits per heavy atom. The average Bonchev–Trinajstić information content (AvgIpc) is 2.26. The Hall–Kier alpha value is -1.70. The number of hydrogen-bond acceptors (Lipinski definition) is 2. The van der Waals surface area contributed by atoms with E-state index >= 15 is 0 Å². The van der Waals surface area contributed by atoms with Gasteiger partial charge in [0.05, 0.1) is 19.6 Å². The summed E-state index contributed by atoms with van der Waals surface area (Å²) in [7, 11) is 3.36. The lowest BCUT2D eigenvalue weighted by Crippen LogP contribution is -1.90. The van der Waals surface area contributed by atoms with Crippen LogP contribution in [0.2, 0.25) is 0 Å². The van der Waals surface area contributed by atoms with Gasteiger partial charge in [-0.05, 0) is 30.0 Å². The van der Waals surface area contributed by atoms with E-state index in [4.69, 9.17) is 9.47 Å². The highest BCUT2D eigenvalue weighted by Crippen LogP contribution is 2.34. The van der Waals surface area contributed by atoms with Crippen molar-refractivity contribution in [1.29, 1.82) is 0 Å². The van der Waals surface area contributed by atoms with E-state index in [1.807, 2.05) is 18.2 Å². The maximum absolute atomic E-state index is 5.37. The van der Waals surface area contributed by atoms with Gasteiger partial charge in [-0.15, -0.1) is 0 Å². The number of rotatable bonds is 2. The maximum atomic E-state index is 5.37. The van der Waals surface area contributed by atoms with Gasteiger partial charge in [-0.25, -0.2) is 0 Å². The van der Waals surface area contributed by atoms with E-state index in [9.17, 15) is 0 Å². The topological polar surface area (TPSA) is 18.5 Å². The maximum Gasteiger partial charge on any atom is 0.130 e. The molecule has 15 heavy (non-hydrogen) atoms. The molecule has 2 heteroatoms. The Bertz CT molecular complexity index is 489. The molecule has 2 aromatic rings. The van der Waals surface area contributed by atoms with E-state index in [2.05, 4.69) is 19.1 Å². The molecule has 0 N–H and O–H groups in total. The first-order chi connectivity index (χ1) is 7.26. The van der Waals surface area contributed by atoms with Gasteiger partial charge in [0.2, 0.25) is 0 Å². The second-order valence-corrected chi connectivity index (χ2v) is 3.53. The van der Waals surface area contributed by atoms with Gasteiger partial charge in [0.25, 0.3) is 0 Å². The Morgan fingerprint density at radius 2 is 1.67 bits per heavy atom. The van der Waals surface area contributed by atoms with E-state index in [-0.39, 0.29) is 0 Å². The Labute approximate surface area is 89.4 Å². The molecule has 0 aliphatic carbocycles. The van der Waals surface area contributed by atoms with Gasteiger partial charge in [0.1, 0.15) is 11.5 Å². The highest BCUT2D eigenvalue weighted by atomic mass is 16.5. The van der Waals surface area contributed by atoms with Crippen LogP contribution in [0, 0.1) is 6.92 Å². The molecule has 2 rings (SSSR count). The normalized spacial score (nSPS) is 10.3. The Balaban J connectivity index is 2.84. The second kappa shape index (κ2) is 3.81. The molecule has 0 saturated carbocycles. The zero-order valence-corrected chi connectivity index (χ0v) is 9.20. The molecule has 0 bridgehead atoms. The van der Waals surface area contributed by atoms with Crippen molar-refractivity contribution in [2.75, 3.05) is 14.2 Å². The lowest BCUT2D eigenvalue weighted by Gasteiger charge is -2.10. The van der Waals surface area contributed by atoms with Crippen LogP contribution >= 0.6 is 0 Å². The van der Waals surface area contributed by atoms with Gasteiger partial charge in [0, 0.05) is 0 Å². The summed E-state index contributed by atoms with van der Waals surface area (Å²) in [5.41, 5.74) is 1.19. The fraction of sp³-hybridized carbons (Fsp3) is 0.231. The first kappa shape index (κ1) is 9.84. The van der Waals surface area contributed by atoms with Crippen LogP contribution in [0.1, 0.15) is 5.56 Å². The van der Waals surface area contributed by atoms with Crippen molar-refractivity contribution in [1.82, 2.24) is 0 Å². The summed E-state index contributed by atoms with van der Waals surface area (Å²) < 4.78 is 10.7. The molecule has 0 atom stereocenters. The van der Waals surface area contributed by atoms with E-state index in [0.717, 1.165) is 22.3 Å². The third-order valence-electron chi connectivity index (χ3n) is 2.49. The minimum atomic E-state index is 0.851. The molecule has 78 valence electrons. The molecule has 0 radical (unpaired) electrons. The Morgan fingerprint density at radius 3 is 2.33 bits per heavy atom. The standard InChI is InChI=1S/C13H14O2/c1-9-7-10-5-4-6-11(14-2)13(10)12(8-9)15-3/h4-8H,1-3H3. The molecular weight excluding hydrogens is 188 g/mol. The SMILES string of the molecule is COc1cccc2cc(C)cc(OC)c12. The smallest absolute Gasteiger partial charge is 0.130 e. The van der Waals surface area contributed by atoms with Crippen molar-refractivity contribution in [2.24, 2.45) is 0 Å². The molecule has 0 amide bonds. The number of fused-ring (bicyclic) bond motifs is 1. The quantitative estimate of drug-likeness (QED) is 0.744. The fourth-order valence-corrected chi connectivity index (χ4v) is 1.83. The van der Waals surface area contributed by atoms with Crippen molar-refractivity contribution in [3.63, 3.8) is 0 Å². The summed E-state index contributed by atoms with van der Waals surface area (Å²) in [4.78, 5) is 0. The summed E-state index contributed by atoms with van der Waals surface area (Å²) in [5.74, 6) is 1.71. The number of benzene rings is 2. The van der Waals surface area contributed by atoms with Crippen molar-refractivity contribution in [2.45, 2.75) is 6.92 Å². The van der Waals surface area contributed by atoms with E-state index in [1.54, 1.807) is 14.2 Å². The molecule has 0 unspecified atom stereocenters. The average molecular weight is 202 g/mol. The monoisotopic (exact) mass is 202 g/mol. The van der Waals surface area contributed by atoms with E-state index < -0.39 is 0 Å². The van der Waals surface area contributed by atoms with Crippen LogP contribution in [0.5, 0.6) is 11.5 Å². The second-order valence-electron chi connectivity index (χ2n) is 3.53. The van der Waals surface area contributed by atoms with E-state index in [1.165, 1.54) is 5.56 Å². The largest absolute Gasteiger partial charge is 0.496 e. The van der Waals surface area contributed by atoms with Crippen LogP contribution in [-0.2, 0) is 0 Å². The van der Waals surface area contributed by atoms with E-state index in [0.29, 0.717) is 0 Å². The molecule has 0 fully saturated rings. The molecule has 0 aliphatic rings. The minimum Gasteiger partial charge on any atom is -0.496 e. The number of methoxy groups -OCH3 is 2. The molecule has 0 saturated heterocycles. The van der Waals surface area contributed by atoms with Crippen molar-refractivity contribution in [3.8, 4) is 11.5 Å². The van der Waals surface area contributed by atoms with Crippen LogP contribution in [0.25, 0.3) is 10.8 Å². The summed E-state index contributed by atoms with van der Waals surface area (Å²) in [5, 5.41) is 2.18. The van der Waals surface area contributed by atoms with Crippen LogP contribution < -0.4 is 9.47 Å². The number of aryl methyl sites for hydroxylation is 1. The first-order valence-corrected chi connectivity index (χ1v) is 4.87. The van der Waals surface area contributed by atoms with Gasteiger partial charge in [-0.1, -0.05) is 18.2 Å². The lowest BCUT2D eigenvalue weighted by molar-refractivity contribution is 0.405. The molecule has 2 nitrogen and oxygen atoms in total. The van der Waals surface area contributed by atoms with Gasteiger partial charge in [-0.3, -0.25) is 0 Å². The highest BCUT2D eigenvalue weighted by Gasteiger charge is 2.07. The van der Waals surface area contributed by atoms with Crippen LogP contribution in [0.3, 0.4) is 0 Å². The third kappa shape index (κ3) is 1.63. The molecule has 0 aliphatic heterocycles. The van der Waals surface area contributed by atoms with Gasteiger partial charge >= 0.3 is 0 Å². The zero-order chi connectivity index (χ0) is 10.8. The number of ether oxygens (including phenoxy) is 2. The fourth-order valence-electron chi connectivity index (χ4n) is 1.83. The zero-order valence-electron chi connectivity index (χ0n) is 9.20. The van der Waals surface area contributed by atoms with Crippen molar-refractivity contribution >= 4 is 10.8 Å². The third-order valence-corrected chi connectivity index (χ3v) is 2.49. The summed E-state index contributed by atoms with van der Waals surface area (Å²) in [6.07, 6.45) is 0. The van der Waals surface area contributed by atoms with Gasteiger partial charge < -0.3 is 9.47 Å². The van der Waals surface area contributed by atoms with Crippen LogP contribution in [-0.4, -0.2) is 14.2 Å². The molecule has 0 spiro atoms. The Kier molecular flexibility index (Phi) is 2.50. The van der Waals surface area contributed by atoms with Crippen molar-refractivity contribution in [3.05, 3.63) is 35.9 Å². The molecule has 0 heterocycles. The van der Waals surface area contributed by atoms with Gasteiger partial charge in [-0.2, -0.15) is 0 Å². The van der Waals surface area contributed by atoms with Crippen molar-refractivity contribution < 1.29 is 9.47 Å². The first-order valence-electron chi connectivity index (χ1n) is 4.87. The highest BCUT2D eigenvalue weighted by molar-refractivity contribution is 5.94. The molecule has 2 aromatic carbocycles. The molecular formula is C13H14O2.